The largest absolute Gasteiger partial charge is 0.491 e. The zero-order valence-electron chi connectivity index (χ0n) is 18.6. The summed E-state index contributed by atoms with van der Waals surface area (Å²) in [4.78, 5) is 28.0. The molecule has 2 aromatic carbocycles. The van der Waals surface area contributed by atoms with E-state index in [4.69, 9.17) is 32.7 Å². The van der Waals surface area contributed by atoms with Crippen LogP contribution in [0.25, 0.3) is 0 Å². The predicted molar refractivity (Wildman–Crippen MR) is 134 cm³/mol. The Bertz CT molecular complexity index is 1340. The van der Waals surface area contributed by atoms with Crippen molar-refractivity contribution < 1.29 is 32.6 Å². The molecule has 3 aromatic rings. The predicted octanol–water partition coefficient (Wildman–Crippen LogP) is 3.71. The van der Waals surface area contributed by atoms with Gasteiger partial charge in [0, 0.05) is 24.0 Å². The molecule has 0 aliphatic heterocycles. The molecular weight excluding hydrogens is 533 g/mol. The van der Waals surface area contributed by atoms with E-state index in [1.807, 2.05) is 0 Å². The normalized spacial score (nSPS) is 11.2. The van der Waals surface area contributed by atoms with E-state index in [9.17, 15) is 23.1 Å². The number of hydrogen-bond donors (Lipinski definition) is 3. The van der Waals surface area contributed by atoms with Gasteiger partial charge < -0.3 is 19.9 Å². The number of benzene rings is 2. The molecule has 0 saturated carbocycles. The molecule has 13 heteroatoms. The van der Waals surface area contributed by atoms with Gasteiger partial charge in [0.15, 0.2) is 0 Å². The van der Waals surface area contributed by atoms with E-state index >= 15 is 0 Å². The van der Waals surface area contributed by atoms with Crippen LogP contribution in [-0.2, 0) is 14.8 Å². The fourth-order valence-corrected chi connectivity index (χ4v) is 4.39. The molecule has 0 aliphatic rings. The number of nitrogens with one attached hydrogen (secondary N) is 2. The van der Waals surface area contributed by atoms with E-state index in [0.717, 1.165) is 0 Å². The van der Waals surface area contributed by atoms with E-state index in [1.165, 1.54) is 60.9 Å². The minimum Gasteiger partial charge on any atom is -0.491 e. The molecule has 0 atom stereocenters. The molecule has 0 saturated heterocycles. The Kier molecular flexibility index (Phi) is 9.62. The third-order valence-electron chi connectivity index (χ3n) is 4.62. The van der Waals surface area contributed by atoms with E-state index in [1.54, 1.807) is 0 Å². The van der Waals surface area contributed by atoms with Crippen LogP contribution in [0.15, 0.2) is 65.8 Å². The van der Waals surface area contributed by atoms with Crippen molar-refractivity contribution in [3.05, 3.63) is 82.1 Å². The van der Waals surface area contributed by atoms with Crippen molar-refractivity contribution in [1.82, 2.24) is 9.71 Å². The molecule has 36 heavy (non-hydrogen) atoms. The molecule has 0 unspecified atom stereocenters. The summed E-state index contributed by atoms with van der Waals surface area (Å²) >= 11 is 11.9. The maximum absolute atomic E-state index is 12.5. The third-order valence-corrected chi connectivity index (χ3v) is 6.62. The van der Waals surface area contributed by atoms with Crippen LogP contribution in [0.3, 0.4) is 0 Å². The molecule has 190 valence electrons. The van der Waals surface area contributed by atoms with Gasteiger partial charge in [-0.05, 0) is 48.5 Å². The van der Waals surface area contributed by atoms with Crippen molar-refractivity contribution >= 4 is 50.8 Å². The minimum atomic E-state index is -3.67. The number of pyridine rings is 1. The number of carboxylic acid groups (broad SMARTS) is 1. The summed E-state index contributed by atoms with van der Waals surface area (Å²) in [7, 11) is -3.67. The number of nitrogens with zero attached hydrogens (tertiary/aromatic N) is 1. The number of aromatic carboxylic acids is 1. The Morgan fingerprint density at radius 1 is 1.00 bits per heavy atom. The lowest BCUT2D eigenvalue weighted by Gasteiger charge is -2.12. The van der Waals surface area contributed by atoms with Gasteiger partial charge in [0.05, 0.1) is 35.1 Å². The highest BCUT2D eigenvalue weighted by Crippen LogP contribution is 2.25. The number of carbonyl (C=O) groups is 2. The zero-order valence-corrected chi connectivity index (χ0v) is 20.9. The lowest BCUT2D eigenvalue weighted by atomic mass is 10.1. The quantitative estimate of drug-likeness (QED) is 0.288. The molecule has 1 amide bonds. The first-order valence-corrected chi connectivity index (χ1v) is 12.7. The van der Waals surface area contributed by atoms with Crippen LogP contribution in [0.5, 0.6) is 5.75 Å². The highest BCUT2D eigenvalue weighted by atomic mass is 35.5. The van der Waals surface area contributed by atoms with Crippen LogP contribution in [-0.4, -0.2) is 56.8 Å². The number of sulfonamides is 1. The number of aromatic nitrogens is 1. The smallest absolute Gasteiger partial charge is 0.337 e. The zero-order chi connectivity index (χ0) is 26.1. The van der Waals surface area contributed by atoms with E-state index < -0.39 is 21.9 Å². The van der Waals surface area contributed by atoms with Gasteiger partial charge in [0.2, 0.25) is 10.0 Å². The summed E-state index contributed by atoms with van der Waals surface area (Å²) in [6.45, 7) is 0.360. The van der Waals surface area contributed by atoms with Crippen LogP contribution in [0, 0.1) is 0 Å². The lowest BCUT2D eigenvalue weighted by Crippen LogP contribution is -2.28. The lowest BCUT2D eigenvalue weighted by molar-refractivity contribution is 0.0697. The van der Waals surface area contributed by atoms with Crippen molar-refractivity contribution in [2.45, 2.75) is 4.90 Å². The molecule has 3 rings (SSSR count). The van der Waals surface area contributed by atoms with Crippen LogP contribution in [0.4, 0.5) is 5.69 Å². The first-order valence-electron chi connectivity index (χ1n) is 10.4. The van der Waals surface area contributed by atoms with Crippen LogP contribution in [0.2, 0.25) is 10.0 Å². The monoisotopic (exact) mass is 553 g/mol. The molecule has 0 aliphatic carbocycles. The van der Waals surface area contributed by atoms with Crippen LogP contribution < -0.4 is 14.8 Å². The number of amides is 1. The van der Waals surface area contributed by atoms with E-state index in [-0.39, 0.29) is 58.8 Å². The van der Waals surface area contributed by atoms with Gasteiger partial charge in [0.25, 0.3) is 5.91 Å². The van der Waals surface area contributed by atoms with Crippen molar-refractivity contribution in [3.63, 3.8) is 0 Å². The highest BCUT2D eigenvalue weighted by Gasteiger charge is 2.17. The van der Waals surface area contributed by atoms with Gasteiger partial charge in [-0.3, -0.25) is 9.78 Å². The second kappa shape index (κ2) is 12.7. The molecule has 0 bridgehead atoms. The Balaban J connectivity index is 1.48. The average Bonchev–Trinajstić information content (AvgIpc) is 2.84. The SMILES string of the molecule is O=C(Nc1ccc(OCCOCCNS(=O)(=O)c2cccnc2)cc1C(=O)O)c1ccc(Cl)cc1Cl. The van der Waals surface area contributed by atoms with Gasteiger partial charge in [-0.25, -0.2) is 17.9 Å². The molecule has 10 nitrogen and oxygen atoms in total. The maximum Gasteiger partial charge on any atom is 0.337 e. The molecule has 1 aromatic heterocycles. The fourth-order valence-electron chi connectivity index (χ4n) is 2.92. The number of rotatable bonds is 12. The molecule has 0 fully saturated rings. The number of halogens is 2. The number of anilines is 1. The first-order chi connectivity index (χ1) is 17.2. The Morgan fingerprint density at radius 3 is 2.50 bits per heavy atom. The van der Waals surface area contributed by atoms with Gasteiger partial charge >= 0.3 is 5.97 Å². The standard InChI is InChI=1S/C23H21Cl2N3O7S/c24-15-3-5-18(20(25)12-15)22(29)28-21-6-4-16(13-19(21)23(30)31)35-11-10-34-9-8-27-36(32,33)17-2-1-7-26-14-17/h1-7,12-14,27H,8-11H2,(H,28,29)(H,30,31). The van der Waals surface area contributed by atoms with Crippen LogP contribution in [0.1, 0.15) is 20.7 Å². The fraction of sp³-hybridized carbons (Fsp3) is 0.174. The summed E-state index contributed by atoms with van der Waals surface area (Å²) in [6, 6.07) is 11.4. The van der Waals surface area contributed by atoms with Crippen molar-refractivity contribution in [2.24, 2.45) is 0 Å². The van der Waals surface area contributed by atoms with E-state index in [0.29, 0.717) is 5.02 Å². The first kappa shape index (κ1) is 27.4. The van der Waals surface area contributed by atoms with Gasteiger partial charge in [-0.2, -0.15) is 0 Å². The molecular formula is C23H21Cl2N3O7S. The summed E-state index contributed by atoms with van der Waals surface area (Å²) < 4.78 is 37.4. The van der Waals surface area contributed by atoms with Gasteiger partial charge in [-0.1, -0.05) is 23.2 Å². The maximum atomic E-state index is 12.5. The molecule has 0 spiro atoms. The summed E-state index contributed by atoms with van der Waals surface area (Å²) in [5.74, 6) is -1.62. The highest BCUT2D eigenvalue weighted by molar-refractivity contribution is 7.89. The average molecular weight is 554 g/mol. The summed E-state index contributed by atoms with van der Waals surface area (Å²) in [6.07, 6.45) is 2.72. The van der Waals surface area contributed by atoms with Crippen LogP contribution >= 0.6 is 23.2 Å². The Labute approximate surface area is 217 Å². The molecule has 0 radical (unpaired) electrons. The topological polar surface area (TPSA) is 144 Å². The van der Waals surface area contributed by atoms with Crippen molar-refractivity contribution in [3.8, 4) is 5.75 Å². The number of carboxylic acids is 1. The second-order valence-corrected chi connectivity index (χ2v) is 9.75. The van der Waals surface area contributed by atoms with Gasteiger partial charge in [0.1, 0.15) is 17.3 Å². The summed E-state index contributed by atoms with van der Waals surface area (Å²) in [5.41, 5.74) is 0.0114. The number of carbonyl (C=O) groups excluding carboxylic acids is 1. The third kappa shape index (κ3) is 7.64. The number of hydrogen-bond acceptors (Lipinski definition) is 7. The minimum absolute atomic E-state index is 0.0480. The Morgan fingerprint density at radius 2 is 1.81 bits per heavy atom. The Hall–Kier alpha value is -3.22. The molecule has 1 heterocycles. The van der Waals surface area contributed by atoms with Crippen molar-refractivity contribution in [2.75, 3.05) is 31.7 Å². The summed E-state index contributed by atoms with van der Waals surface area (Å²) in [5, 5.41) is 12.6. The van der Waals surface area contributed by atoms with Crippen molar-refractivity contribution in [1.29, 1.82) is 0 Å². The van der Waals surface area contributed by atoms with Gasteiger partial charge in [-0.15, -0.1) is 0 Å². The number of ether oxygens (including phenoxy) is 2. The second-order valence-electron chi connectivity index (χ2n) is 7.14. The van der Waals surface area contributed by atoms with E-state index in [2.05, 4.69) is 15.0 Å². The molecule has 3 N–H and O–H groups in total.